The maximum atomic E-state index is 11.2. The lowest BCUT2D eigenvalue weighted by Gasteiger charge is -1.95. The van der Waals surface area contributed by atoms with E-state index in [-0.39, 0.29) is 5.91 Å². The predicted octanol–water partition coefficient (Wildman–Crippen LogP) is 0.687. The van der Waals surface area contributed by atoms with Gasteiger partial charge in [-0.2, -0.15) is 0 Å². The van der Waals surface area contributed by atoms with Crippen LogP contribution in [0.15, 0.2) is 18.6 Å². The van der Waals surface area contributed by atoms with E-state index in [1.165, 1.54) is 18.4 Å². The van der Waals surface area contributed by atoms with Gasteiger partial charge in [0.1, 0.15) is 4.88 Å². The number of nitrogens with one attached hydrogen (secondary N) is 1. The van der Waals surface area contributed by atoms with Crippen LogP contribution in [-0.4, -0.2) is 22.4 Å². The van der Waals surface area contributed by atoms with E-state index in [9.17, 15) is 4.79 Å². The van der Waals surface area contributed by atoms with Crippen LogP contribution in [0.1, 0.15) is 9.67 Å². The first-order chi connectivity index (χ1) is 6.31. The van der Waals surface area contributed by atoms with Crippen LogP contribution in [0.4, 0.5) is 0 Å². The van der Waals surface area contributed by atoms with Crippen molar-refractivity contribution in [3.8, 4) is 0 Å². The number of amides is 1. The van der Waals surface area contributed by atoms with E-state index in [2.05, 4.69) is 15.3 Å². The average Bonchev–Trinajstić information content (AvgIpc) is 2.61. The van der Waals surface area contributed by atoms with Crippen molar-refractivity contribution in [1.29, 1.82) is 0 Å². The Morgan fingerprint density at radius 3 is 3.31 bits per heavy atom. The fourth-order valence-corrected chi connectivity index (χ4v) is 1.81. The monoisotopic (exact) mass is 197 g/mol. The first-order valence-electron chi connectivity index (χ1n) is 3.57. The lowest BCUT2D eigenvalue weighted by molar-refractivity contribution is 0.0541. The Morgan fingerprint density at radius 1 is 1.77 bits per heavy atom. The minimum Gasteiger partial charge on any atom is -0.297 e. The maximum Gasteiger partial charge on any atom is 0.286 e. The Bertz CT molecular complexity index is 405. The standard InChI is InChI=1S/C7H7N3O2S/c1-12-9-6(11)5-4-10-3-2-8-7(10)13-5/h2-4H,1H3,(H,9,11). The number of nitrogens with zero attached hydrogens (tertiary/aromatic N) is 2. The van der Waals surface area contributed by atoms with Crippen LogP contribution in [0.5, 0.6) is 0 Å². The third-order valence-electron chi connectivity index (χ3n) is 1.51. The summed E-state index contributed by atoms with van der Waals surface area (Å²) in [6, 6.07) is 0. The fourth-order valence-electron chi connectivity index (χ4n) is 0.976. The molecule has 5 nitrogen and oxygen atoms in total. The quantitative estimate of drug-likeness (QED) is 0.720. The van der Waals surface area contributed by atoms with Crippen molar-refractivity contribution in [2.45, 2.75) is 0 Å². The number of fused-ring (bicyclic) bond motifs is 1. The maximum absolute atomic E-state index is 11.2. The summed E-state index contributed by atoms with van der Waals surface area (Å²) < 4.78 is 1.79. The number of hydroxylamine groups is 1. The van der Waals surface area contributed by atoms with Crippen molar-refractivity contribution in [3.63, 3.8) is 0 Å². The molecular weight excluding hydrogens is 190 g/mol. The summed E-state index contributed by atoms with van der Waals surface area (Å²) >= 11 is 1.31. The third kappa shape index (κ3) is 1.41. The van der Waals surface area contributed by atoms with Gasteiger partial charge >= 0.3 is 0 Å². The molecule has 0 saturated heterocycles. The first kappa shape index (κ1) is 8.21. The Labute approximate surface area is 77.9 Å². The van der Waals surface area contributed by atoms with Gasteiger partial charge in [0.05, 0.1) is 7.11 Å². The number of hydrogen-bond acceptors (Lipinski definition) is 4. The van der Waals surface area contributed by atoms with E-state index >= 15 is 0 Å². The van der Waals surface area contributed by atoms with Gasteiger partial charge in [0.15, 0.2) is 4.96 Å². The molecule has 0 bridgehead atoms. The highest BCUT2D eigenvalue weighted by atomic mass is 32.1. The molecule has 13 heavy (non-hydrogen) atoms. The minimum absolute atomic E-state index is 0.252. The largest absolute Gasteiger partial charge is 0.297 e. The number of rotatable bonds is 2. The van der Waals surface area contributed by atoms with Crippen LogP contribution in [-0.2, 0) is 4.84 Å². The second-order valence-electron chi connectivity index (χ2n) is 2.35. The van der Waals surface area contributed by atoms with Gasteiger partial charge in [-0.05, 0) is 0 Å². The first-order valence-corrected chi connectivity index (χ1v) is 4.39. The molecule has 0 atom stereocenters. The van der Waals surface area contributed by atoms with Crippen molar-refractivity contribution in [1.82, 2.24) is 14.9 Å². The third-order valence-corrected chi connectivity index (χ3v) is 2.52. The average molecular weight is 197 g/mol. The van der Waals surface area contributed by atoms with Crippen molar-refractivity contribution in [3.05, 3.63) is 23.5 Å². The van der Waals surface area contributed by atoms with Crippen LogP contribution >= 0.6 is 11.3 Å². The molecule has 2 aromatic heterocycles. The summed E-state index contributed by atoms with van der Waals surface area (Å²) in [5.74, 6) is -0.252. The van der Waals surface area contributed by atoms with Gasteiger partial charge < -0.3 is 0 Å². The zero-order chi connectivity index (χ0) is 9.26. The van der Waals surface area contributed by atoms with E-state index in [0.717, 1.165) is 4.96 Å². The number of aromatic nitrogens is 2. The summed E-state index contributed by atoms with van der Waals surface area (Å²) in [6.45, 7) is 0. The lowest BCUT2D eigenvalue weighted by Crippen LogP contribution is -2.20. The van der Waals surface area contributed by atoms with Crippen LogP contribution in [0.3, 0.4) is 0 Å². The van der Waals surface area contributed by atoms with E-state index in [1.54, 1.807) is 23.0 Å². The highest BCUT2D eigenvalue weighted by molar-refractivity contribution is 7.18. The molecular formula is C7H7N3O2S. The topological polar surface area (TPSA) is 55.6 Å². The molecule has 2 aromatic rings. The number of imidazole rings is 1. The normalized spacial score (nSPS) is 10.5. The highest BCUT2D eigenvalue weighted by Gasteiger charge is 2.09. The molecule has 1 N–H and O–H groups in total. The number of hydrogen-bond donors (Lipinski definition) is 1. The molecule has 0 aliphatic heterocycles. The SMILES string of the molecule is CONC(=O)c1cn2ccnc2s1. The van der Waals surface area contributed by atoms with Crippen molar-refractivity contribution in [2.75, 3.05) is 7.11 Å². The molecule has 0 spiro atoms. The van der Waals surface area contributed by atoms with Gasteiger partial charge in [0.25, 0.3) is 5.91 Å². The summed E-state index contributed by atoms with van der Waals surface area (Å²) in [5.41, 5.74) is 2.24. The second-order valence-corrected chi connectivity index (χ2v) is 3.36. The number of thiazole rings is 1. The molecule has 2 rings (SSSR count). The molecule has 0 unspecified atom stereocenters. The van der Waals surface area contributed by atoms with Gasteiger partial charge in [-0.1, -0.05) is 11.3 Å². The van der Waals surface area contributed by atoms with Crippen molar-refractivity contribution >= 4 is 22.2 Å². The summed E-state index contributed by atoms with van der Waals surface area (Å²) in [5, 5.41) is 0. The predicted molar refractivity (Wildman–Crippen MR) is 47.5 cm³/mol. The highest BCUT2D eigenvalue weighted by Crippen LogP contribution is 2.15. The van der Waals surface area contributed by atoms with Gasteiger partial charge in [-0.25, -0.2) is 10.5 Å². The Hall–Kier alpha value is -1.40. The van der Waals surface area contributed by atoms with Crippen LogP contribution in [0.25, 0.3) is 4.96 Å². The molecule has 0 fully saturated rings. The van der Waals surface area contributed by atoms with Gasteiger partial charge in [0.2, 0.25) is 0 Å². The van der Waals surface area contributed by atoms with Crippen LogP contribution in [0.2, 0.25) is 0 Å². The zero-order valence-electron chi connectivity index (χ0n) is 6.85. The van der Waals surface area contributed by atoms with Crippen LogP contribution < -0.4 is 5.48 Å². The molecule has 2 heterocycles. The van der Waals surface area contributed by atoms with Crippen molar-refractivity contribution < 1.29 is 9.63 Å². The number of carbonyl (C=O) groups excluding carboxylic acids is 1. The molecule has 0 aromatic carbocycles. The molecule has 6 heteroatoms. The molecule has 68 valence electrons. The summed E-state index contributed by atoms with van der Waals surface area (Å²) in [4.78, 5) is 21.2. The minimum atomic E-state index is -0.252. The Kier molecular flexibility index (Phi) is 1.99. The molecule has 0 radical (unpaired) electrons. The smallest absolute Gasteiger partial charge is 0.286 e. The lowest BCUT2D eigenvalue weighted by atomic mass is 10.5. The summed E-state index contributed by atoms with van der Waals surface area (Å²) in [7, 11) is 1.40. The van der Waals surface area contributed by atoms with Crippen molar-refractivity contribution in [2.24, 2.45) is 0 Å². The fraction of sp³-hybridized carbons (Fsp3) is 0.143. The molecule has 0 saturated carbocycles. The van der Waals surface area contributed by atoms with E-state index in [4.69, 9.17) is 0 Å². The number of carbonyl (C=O) groups is 1. The van der Waals surface area contributed by atoms with E-state index in [1.807, 2.05) is 0 Å². The zero-order valence-corrected chi connectivity index (χ0v) is 7.67. The van der Waals surface area contributed by atoms with Gasteiger partial charge in [-0.3, -0.25) is 14.0 Å². The van der Waals surface area contributed by atoms with Crippen LogP contribution in [0, 0.1) is 0 Å². The molecule has 0 aliphatic carbocycles. The summed E-state index contributed by atoms with van der Waals surface area (Å²) in [6.07, 6.45) is 5.18. The molecule has 1 amide bonds. The Morgan fingerprint density at radius 2 is 2.62 bits per heavy atom. The Balaban J connectivity index is 2.34. The van der Waals surface area contributed by atoms with Gasteiger partial charge in [-0.15, -0.1) is 0 Å². The van der Waals surface area contributed by atoms with E-state index < -0.39 is 0 Å². The van der Waals surface area contributed by atoms with Gasteiger partial charge in [0, 0.05) is 18.6 Å². The molecule has 0 aliphatic rings. The van der Waals surface area contributed by atoms with E-state index in [0.29, 0.717) is 4.88 Å². The second kappa shape index (κ2) is 3.15.